The zero-order valence-electron chi connectivity index (χ0n) is 11.6. The fourth-order valence-corrected chi connectivity index (χ4v) is 3.51. The van der Waals surface area contributed by atoms with Gasteiger partial charge in [0.2, 0.25) is 5.13 Å². The minimum Gasteiger partial charge on any atom is -0.343 e. The fourth-order valence-electron chi connectivity index (χ4n) is 2.32. The summed E-state index contributed by atoms with van der Waals surface area (Å²) in [6.07, 6.45) is 0. The van der Waals surface area contributed by atoms with Gasteiger partial charge in [-0.1, -0.05) is 23.5 Å². The Morgan fingerprint density at radius 1 is 1.19 bits per heavy atom. The van der Waals surface area contributed by atoms with Crippen molar-refractivity contribution in [2.75, 3.05) is 31.1 Å². The second-order valence-corrected chi connectivity index (χ2v) is 6.88. The molecule has 7 heteroatoms. The number of amides is 1. The van der Waals surface area contributed by atoms with Crippen molar-refractivity contribution in [3.63, 3.8) is 0 Å². The molecule has 0 radical (unpaired) electrons. The van der Waals surface area contributed by atoms with Gasteiger partial charge in [-0.3, -0.25) is 4.79 Å². The molecule has 2 aromatic rings. The first-order valence-electron chi connectivity index (χ1n) is 6.74. The summed E-state index contributed by atoms with van der Waals surface area (Å²) in [5, 5.41) is 10.1. The maximum Gasteiger partial charge on any atom is 0.255 e. The van der Waals surface area contributed by atoms with Gasteiger partial charge >= 0.3 is 0 Å². The average molecular weight is 367 g/mol. The predicted octanol–water partition coefficient (Wildman–Crippen LogP) is 2.57. The van der Waals surface area contributed by atoms with E-state index in [1.54, 1.807) is 11.3 Å². The molecule has 1 amide bonds. The zero-order valence-corrected chi connectivity index (χ0v) is 14.0. The van der Waals surface area contributed by atoms with Crippen LogP contribution >= 0.6 is 27.3 Å². The van der Waals surface area contributed by atoms with Crippen LogP contribution in [0.5, 0.6) is 0 Å². The van der Waals surface area contributed by atoms with E-state index in [9.17, 15) is 4.79 Å². The molecule has 0 aliphatic carbocycles. The van der Waals surface area contributed by atoms with Crippen molar-refractivity contribution in [1.82, 2.24) is 15.1 Å². The van der Waals surface area contributed by atoms with E-state index in [2.05, 4.69) is 31.0 Å². The van der Waals surface area contributed by atoms with Crippen LogP contribution in [0.3, 0.4) is 0 Å². The lowest BCUT2D eigenvalue weighted by molar-refractivity contribution is 0.0746. The first-order valence-corrected chi connectivity index (χ1v) is 8.35. The number of hydrogen-bond donors (Lipinski definition) is 0. The molecule has 1 fully saturated rings. The summed E-state index contributed by atoms with van der Waals surface area (Å²) >= 11 is 5.04. The van der Waals surface area contributed by atoms with Gasteiger partial charge in [-0.25, -0.2) is 0 Å². The van der Waals surface area contributed by atoms with Gasteiger partial charge in [0, 0.05) is 30.7 Å². The van der Waals surface area contributed by atoms with Crippen molar-refractivity contribution in [2.45, 2.75) is 6.92 Å². The normalized spacial score (nSPS) is 15.3. The molecule has 0 spiro atoms. The molecule has 0 atom stereocenters. The third-order valence-corrected chi connectivity index (χ3v) is 5.05. The van der Waals surface area contributed by atoms with E-state index in [0.717, 1.165) is 33.3 Å². The highest BCUT2D eigenvalue weighted by atomic mass is 79.9. The Bertz CT molecular complexity index is 652. The molecule has 3 rings (SSSR count). The van der Waals surface area contributed by atoms with Crippen molar-refractivity contribution >= 4 is 38.3 Å². The maximum atomic E-state index is 12.5. The number of anilines is 1. The highest BCUT2D eigenvalue weighted by molar-refractivity contribution is 9.10. The van der Waals surface area contributed by atoms with E-state index in [1.165, 1.54) is 0 Å². The highest BCUT2D eigenvalue weighted by Crippen LogP contribution is 2.22. The second kappa shape index (κ2) is 6.11. The summed E-state index contributed by atoms with van der Waals surface area (Å²) in [4.78, 5) is 16.6. The lowest BCUT2D eigenvalue weighted by Gasteiger charge is -2.34. The number of nitrogens with zero attached hydrogens (tertiary/aromatic N) is 4. The summed E-state index contributed by atoms with van der Waals surface area (Å²) in [5.74, 6) is 0.0792. The third-order valence-electron chi connectivity index (χ3n) is 3.46. The Labute approximate surface area is 135 Å². The monoisotopic (exact) mass is 366 g/mol. The van der Waals surface area contributed by atoms with Crippen molar-refractivity contribution in [2.24, 2.45) is 0 Å². The number of aromatic nitrogens is 2. The number of benzene rings is 1. The van der Waals surface area contributed by atoms with Crippen LogP contribution < -0.4 is 4.90 Å². The molecule has 0 N–H and O–H groups in total. The number of carbonyl (C=O) groups is 1. The van der Waals surface area contributed by atoms with Gasteiger partial charge in [0.05, 0.1) is 5.56 Å². The largest absolute Gasteiger partial charge is 0.343 e. The fraction of sp³-hybridized carbons (Fsp3) is 0.357. The molecular formula is C14H15BrN4OS. The van der Waals surface area contributed by atoms with Crippen LogP contribution in [0.25, 0.3) is 0 Å². The Morgan fingerprint density at radius 2 is 1.90 bits per heavy atom. The number of halogens is 1. The van der Waals surface area contributed by atoms with Gasteiger partial charge in [0.1, 0.15) is 5.01 Å². The third kappa shape index (κ3) is 3.08. The molecule has 1 aromatic carbocycles. The van der Waals surface area contributed by atoms with Crippen LogP contribution in [0.4, 0.5) is 5.13 Å². The SMILES string of the molecule is Cc1nnc(N2CCN(C(=O)c3ccccc3Br)CC2)s1. The number of hydrogen-bond acceptors (Lipinski definition) is 5. The number of carbonyl (C=O) groups excluding carboxylic acids is 1. The van der Waals surface area contributed by atoms with Crippen molar-refractivity contribution < 1.29 is 4.79 Å². The van der Waals surface area contributed by atoms with Gasteiger partial charge < -0.3 is 9.80 Å². The number of rotatable bonds is 2. The number of piperazine rings is 1. The number of aryl methyl sites for hydroxylation is 1. The summed E-state index contributed by atoms with van der Waals surface area (Å²) in [6.45, 7) is 4.96. The van der Waals surface area contributed by atoms with E-state index in [1.807, 2.05) is 36.1 Å². The van der Waals surface area contributed by atoms with Crippen LogP contribution in [-0.4, -0.2) is 47.2 Å². The van der Waals surface area contributed by atoms with Crippen LogP contribution in [0.2, 0.25) is 0 Å². The van der Waals surface area contributed by atoms with Gasteiger partial charge in [-0.15, -0.1) is 10.2 Å². The van der Waals surface area contributed by atoms with E-state index in [-0.39, 0.29) is 5.91 Å². The Kier molecular flexibility index (Phi) is 4.21. The maximum absolute atomic E-state index is 12.5. The second-order valence-electron chi connectivity index (χ2n) is 4.86. The van der Waals surface area contributed by atoms with E-state index < -0.39 is 0 Å². The highest BCUT2D eigenvalue weighted by Gasteiger charge is 2.24. The van der Waals surface area contributed by atoms with Crippen LogP contribution in [0, 0.1) is 6.92 Å². The molecule has 110 valence electrons. The van der Waals surface area contributed by atoms with Crippen molar-refractivity contribution in [3.8, 4) is 0 Å². The summed E-state index contributed by atoms with van der Waals surface area (Å²) < 4.78 is 0.845. The molecule has 1 aliphatic heterocycles. The summed E-state index contributed by atoms with van der Waals surface area (Å²) in [5.41, 5.74) is 0.720. The van der Waals surface area contributed by atoms with Crippen LogP contribution in [0.1, 0.15) is 15.4 Å². The molecule has 1 aliphatic rings. The van der Waals surface area contributed by atoms with Gasteiger partial charge in [-0.05, 0) is 35.0 Å². The topological polar surface area (TPSA) is 49.3 Å². The van der Waals surface area contributed by atoms with Crippen LogP contribution in [0.15, 0.2) is 28.7 Å². The zero-order chi connectivity index (χ0) is 14.8. The van der Waals surface area contributed by atoms with E-state index in [4.69, 9.17) is 0 Å². The molecule has 1 aromatic heterocycles. The van der Waals surface area contributed by atoms with Crippen molar-refractivity contribution in [1.29, 1.82) is 0 Å². The molecular weight excluding hydrogens is 352 g/mol. The lowest BCUT2D eigenvalue weighted by Crippen LogP contribution is -2.48. The molecule has 5 nitrogen and oxygen atoms in total. The standard InChI is InChI=1S/C14H15BrN4OS/c1-10-16-17-14(21-10)19-8-6-18(7-9-19)13(20)11-4-2-3-5-12(11)15/h2-5H,6-9H2,1H3. The van der Waals surface area contributed by atoms with Crippen LogP contribution in [-0.2, 0) is 0 Å². The van der Waals surface area contributed by atoms with E-state index in [0.29, 0.717) is 13.1 Å². The first-order chi connectivity index (χ1) is 10.1. The van der Waals surface area contributed by atoms with Gasteiger partial charge in [-0.2, -0.15) is 0 Å². The lowest BCUT2D eigenvalue weighted by atomic mass is 10.2. The first kappa shape index (κ1) is 14.5. The molecule has 0 saturated carbocycles. The molecule has 21 heavy (non-hydrogen) atoms. The van der Waals surface area contributed by atoms with Gasteiger partial charge in [0.15, 0.2) is 0 Å². The molecule has 2 heterocycles. The summed E-state index contributed by atoms with van der Waals surface area (Å²) in [6, 6.07) is 7.55. The minimum atomic E-state index is 0.0792. The Balaban J connectivity index is 1.66. The Hall–Kier alpha value is -1.47. The summed E-state index contributed by atoms with van der Waals surface area (Å²) in [7, 11) is 0. The smallest absolute Gasteiger partial charge is 0.255 e. The van der Waals surface area contributed by atoms with E-state index >= 15 is 0 Å². The minimum absolute atomic E-state index is 0.0792. The molecule has 0 unspecified atom stereocenters. The van der Waals surface area contributed by atoms with Gasteiger partial charge in [0.25, 0.3) is 5.91 Å². The molecule has 1 saturated heterocycles. The molecule has 0 bridgehead atoms. The Morgan fingerprint density at radius 3 is 2.52 bits per heavy atom. The average Bonchev–Trinajstić information content (AvgIpc) is 2.94. The quantitative estimate of drug-likeness (QED) is 0.819. The van der Waals surface area contributed by atoms with Crippen molar-refractivity contribution in [3.05, 3.63) is 39.3 Å². The predicted molar refractivity (Wildman–Crippen MR) is 86.9 cm³/mol.